The van der Waals surface area contributed by atoms with E-state index in [1.807, 2.05) is 40.2 Å². The van der Waals surface area contributed by atoms with E-state index in [2.05, 4.69) is 25.9 Å². The molecule has 0 unspecified atom stereocenters. The van der Waals surface area contributed by atoms with Crippen molar-refractivity contribution in [2.24, 2.45) is 5.92 Å². The minimum absolute atomic E-state index is 0.00390. The molecule has 0 aromatic heterocycles. The highest BCUT2D eigenvalue weighted by molar-refractivity contribution is 5.81. The molecular weight excluding hydrogens is 524 g/mol. The zero-order valence-electron chi connectivity index (χ0n) is 24.7. The molecule has 3 aliphatic heterocycles. The van der Waals surface area contributed by atoms with Crippen LogP contribution in [0.3, 0.4) is 0 Å². The van der Waals surface area contributed by atoms with Crippen LogP contribution in [0, 0.1) is 5.92 Å². The minimum atomic E-state index is -0.895. The van der Waals surface area contributed by atoms with Crippen molar-refractivity contribution in [1.82, 2.24) is 14.7 Å². The van der Waals surface area contributed by atoms with Gasteiger partial charge in [-0.1, -0.05) is 25.5 Å². The maximum Gasteiger partial charge on any atom is 0.390 e. The average molecular weight is 570 g/mol. The van der Waals surface area contributed by atoms with E-state index in [1.54, 1.807) is 10.8 Å². The lowest BCUT2D eigenvalue weighted by Gasteiger charge is -2.29. The van der Waals surface area contributed by atoms with Gasteiger partial charge in [-0.05, 0) is 63.7 Å². The number of carbonyl (C=O) groups is 3. The molecule has 1 aromatic rings. The van der Waals surface area contributed by atoms with E-state index < -0.39 is 17.9 Å². The Bertz CT molecular complexity index is 1150. The summed E-state index contributed by atoms with van der Waals surface area (Å²) in [6.45, 7) is 5.63. The van der Waals surface area contributed by atoms with Gasteiger partial charge in [-0.15, -0.1) is 0 Å². The minimum Gasteiger partial charge on any atom is -0.481 e. The highest BCUT2D eigenvalue weighted by atomic mass is 16.7. The highest BCUT2D eigenvalue weighted by Gasteiger charge is 2.48. The smallest absolute Gasteiger partial charge is 0.390 e. The van der Waals surface area contributed by atoms with E-state index in [9.17, 15) is 19.5 Å². The number of carboxylic acids is 1. The van der Waals surface area contributed by atoms with Crippen molar-refractivity contribution in [1.29, 1.82) is 0 Å². The first-order chi connectivity index (χ1) is 19.8. The predicted molar refractivity (Wildman–Crippen MR) is 156 cm³/mol. The molecule has 3 atom stereocenters. The molecular formula is C31H45N4O6+. The number of carbonyl (C=O) groups excluding carboxylic acids is 2. The number of hydrogen-bond acceptors (Lipinski definition) is 7. The first-order valence-electron chi connectivity index (χ1n) is 14.9. The van der Waals surface area contributed by atoms with Gasteiger partial charge >= 0.3 is 11.9 Å². The second-order valence-electron chi connectivity index (χ2n) is 11.5. The first kappa shape index (κ1) is 30.7. The topological polar surface area (TPSA) is 103 Å². The van der Waals surface area contributed by atoms with Crippen LogP contribution in [0.2, 0.25) is 0 Å². The summed E-state index contributed by atoms with van der Waals surface area (Å²) in [6, 6.07) is 5.20. The molecule has 0 radical (unpaired) electrons. The van der Waals surface area contributed by atoms with E-state index in [0.717, 1.165) is 37.8 Å². The van der Waals surface area contributed by atoms with E-state index in [-0.39, 0.29) is 31.1 Å². The molecule has 10 nitrogen and oxygen atoms in total. The van der Waals surface area contributed by atoms with Crippen molar-refractivity contribution in [2.75, 3.05) is 60.2 Å². The number of unbranched alkanes of at least 4 members (excludes halogenated alkanes) is 2. The van der Waals surface area contributed by atoms with Crippen molar-refractivity contribution in [2.45, 2.75) is 57.4 Å². The van der Waals surface area contributed by atoms with Gasteiger partial charge in [-0.3, -0.25) is 14.5 Å². The summed E-state index contributed by atoms with van der Waals surface area (Å²) in [6.07, 6.45) is 10.1. The fourth-order valence-electron chi connectivity index (χ4n) is 6.05. The van der Waals surface area contributed by atoms with E-state index in [4.69, 9.17) is 9.47 Å². The number of likely N-dealkylation sites (tertiary alicyclic amines) is 1. The number of carboxylic acid groups (broad SMARTS) is 1. The Morgan fingerprint density at radius 2 is 1.85 bits per heavy atom. The molecule has 1 aromatic carbocycles. The van der Waals surface area contributed by atoms with Crippen LogP contribution in [0.5, 0.6) is 11.5 Å². The number of rotatable bonds is 15. The van der Waals surface area contributed by atoms with Crippen LogP contribution >= 0.6 is 0 Å². The summed E-state index contributed by atoms with van der Waals surface area (Å²) in [5, 5.41) is 10.5. The lowest BCUT2D eigenvalue weighted by molar-refractivity contribution is -0.446. The molecule has 224 valence electrons. The van der Waals surface area contributed by atoms with Gasteiger partial charge in [-0.25, -0.2) is 4.79 Å². The number of ether oxygens (including phenoxy) is 2. The fraction of sp³-hybridized carbons (Fsp3) is 0.613. The number of aliphatic carboxylic acids is 1. The summed E-state index contributed by atoms with van der Waals surface area (Å²) in [5.41, 5.74) is 0.858. The number of fused-ring (bicyclic) bond motifs is 1. The largest absolute Gasteiger partial charge is 0.481 e. The van der Waals surface area contributed by atoms with Gasteiger partial charge in [0.05, 0.1) is 18.9 Å². The molecule has 0 bridgehead atoms. The quantitative estimate of drug-likeness (QED) is 0.254. The Balaban J connectivity index is 1.55. The molecule has 10 heteroatoms. The molecule has 2 amide bonds. The van der Waals surface area contributed by atoms with Crippen LogP contribution in [0.1, 0.15) is 56.9 Å². The third-order valence-electron chi connectivity index (χ3n) is 8.29. The maximum atomic E-state index is 13.7. The standard InChI is InChI=1S/C31H44N4O6/c1-4-5-15-33(17-9-8-14-32(2)3)29(37)21-35-20-24(23-11-12-26-27(19-23)41-22-40-26)30(31(38)39)25(35)13-18-34-16-7-6-10-28(34)36/h6-7,11-12,16,19,24-25,30H,4-5,8-10,13-15,17-18,20-22H2,1-3H3/p+1/t24-,25+,30-/m1/s1. The van der Waals surface area contributed by atoms with Gasteiger partial charge < -0.3 is 24.4 Å². The number of amides is 2. The number of nitrogens with zero attached hydrogens (tertiary/aromatic N) is 4. The summed E-state index contributed by atoms with van der Waals surface area (Å²) in [7, 11) is 4.10. The maximum absolute atomic E-state index is 13.7. The summed E-state index contributed by atoms with van der Waals surface area (Å²) in [4.78, 5) is 45.1. The molecule has 1 fully saturated rings. The van der Waals surface area contributed by atoms with Crippen LogP contribution in [-0.2, 0) is 14.4 Å². The second-order valence-corrected chi connectivity index (χ2v) is 11.5. The highest BCUT2D eigenvalue weighted by Crippen LogP contribution is 2.42. The second kappa shape index (κ2) is 14.6. The molecule has 0 saturated carbocycles. The number of hydrogen-bond donors (Lipinski definition) is 1. The third-order valence-corrected chi connectivity index (χ3v) is 8.29. The van der Waals surface area contributed by atoms with Gasteiger partial charge in [0, 0.05) is 38.0 Å². The third kappa shape index (κ3) is 7.95. The van der Waals surface area contributed by atoms with Crippen molar-refractivity contribution in [3.63, 3.8) is 0 Å². The molecule has 0 aliphatic carbocycles. The summed E-state index contributed by atoms with van der Waals surface area (Å²) in [5.74, 6) is -0.666. The van der Waals surface area contributed by atoms with E-state index in [0.29, 0.717) is 50.5 Å². The molecule has 41 heavy (non-hydrogen) atoms. The van der Waals surface area contributed by atoms with Crippen LogP contribution < -0.4 is 9.47 Å². The lowest BCUT2D eigenvalue weighted by Crippen LogP contribution is -2.45. The Morgan fingerprint density at radius 1 is 1.10 bits per heavy atom. The van der Waals surface area contributed by atoms with E-state index >= 15 is 0 Å². The molecule has 4 rings (SSSR count). The summed E-state index contributed by atoms with van der Waals surface area (Å²) < 4.78 is 12.7. The van der Waals surface area contributed by atoms with Crippen LogP contribution in [0.25, 0.3) is 0 Å². The molecule has 3 heterocycles. The van der Waals surface area contributed by atoms with Gasteiger partial charge in [0.25, 0.3) is 0 Å². The predicted octanol–water partition coefficient (Wildman–Crippen LogP) is 2.81. The molecule has 1 saturated heterocycles. The molecule has 3 aliphatic rings. The molecule has 1 N–H and O–H groups in total. The number of allylic oxidation sites excluding steroid dienone is 1. The Kier molecular flexibility index (Phi) is 10.9. The van der Waals surface area contributed by atoms with Crippen molar-refractivity contribution in [3.05, 3.63) is 35.9 Å². The monoisotopic (exact) mass is 569 g/mol. The first-order valence-corrected chi connectivity index (χ1v) is 14.9. The normalized spacial score (nSPS) is 21.9. The number of benzene rings is 1. The SMILES string of the molecule is CCCCN(CCCCN(C)C)C(=O)CN1C[C@H](c2ccc3c(c2)OCO3)[C@@H](C(=O)O)[C@@H]1CC[N+]1=CC=CCC1=O. The lowest BCUT2D eigenvalue weighted by atomic mass is 9.84. The van der Waals surface area contributed by atoms with Gasteiger partial charge in [-0.2, -0.15) is 4.58 Å². The van der Waals surface area contributed by atoms with Gasteiger partial charge in [0.15, 0.2) is 24.3 Å². The van der Waals surface area contributed by atoms with Gasteiger partial charge in [0.1, 0.15) is 0 Å². The van der Waals surface area contributed by atoms with Crippen molar-refractivity contribution in [3.8, 4) is 11.5 Å². The van der Waals surface area contributed by atoms with E-state index in [1.165, 1.54) is 0 Å². The Morgan fingerprint density at radius 3 is 2.59 bits per heavy atom. The zero-order chi connectivity index (χ0) is 29.4. The molecule has 0 spiro atoms. The average Bonchev–Trinajstić information content (AvgIpc) is 3.56. The fourth-order valence-corrected chi connectivity index (χ4v) is 6.05. The van der Waals surface area contributed by atoms with Crippen molar-refractivity contribution >= 4 is 24.0 Å². The van der Waals surface area contributed by atoms with Crippen molar-refractivity contribution < 1.29 is 33.5 Å². The Hall–Kier alpha value is -3.24. The zero-order valence-corrected chi connectivity index (χ0v) is 24.7. The summed E-state index contributed by atoms with van der Waals surface area (Å²) >= 11 is 0. The van der Waals surface area contributed by atoms with Crippen LogP contribution in [-0.4, -0.2) is 115 Å². The Labute approximate surface area is 243 Å². The van der Waals surface area contributed by atoms with Crippen LogP contribution in [0.4, 0.5) is 0 Å². The van der Waals surface area contributed by atoms with Crippen LogP contribution in [0.15, 0.2) is 30.4 Å². The van der Waals surface area contributed by atoms with Gasteiger partial charge in [0.2, 0.25) is 12.7 Å².